The van der Waals surface area contributed by atoms with Gasteiger partial charge in [-0.15, -0.1) is 0 Å². The fourth-order valence-corrected chi connectivity index (χ4v) is 3.86. The third-order valence-corrected chi connectivity index (χ3v) is 5.34. The van der Waals surface area contributed by atoms with E-state index < -0.39 is 5.92 Å². The van der Waals surface area contributed by atoms with E-state index in [2.05, 4.69) is 5.32 Å². The van der Waals surface area contributed by atoms with Crippen molar-refractivity contribution in [3.8, 4) is 5.75 Å². The third-order valence-electron chi connectivity index (χ3n) is 5.34. The van der Waals surface area contributed by atoms with Crippen LogP contribution < -0.4 is 10.1 Å². The van der Waals surface area contributed by atoms with Crippen molar-refractivity contribution >= 4 is 23.1 Å². The van der Waals surface area contributed by atoms with Crippen LogP contribution in [0.1, 0.15) is 29.9 Å². The number of methoxy groups -OCH3 is 1. The molecule has 0 aromatic heterocycles. The Morgan fingerprint density at radius 1 is 1.21 bits per heavy atom. The molecular formula is C22H21FN2O3. The Bertz CT molecular complexity index is 953. The Kier molecular flexibility index (Phi) is 4.86. The summed E-state index contributed by atoms with van der Waals surface area (Å²) in [5, 5.41) is 2.82. The first kappa shape index (κ1) is 18.2. The summed E-state index contributed by atoms with van der Waals surface area (Å²) in [7, 11) is 1.54. The summed E-state index contributed by atoms with van der Waals surface area (Å²) in [4.78, 5) is 27.1. The first-order valence-electron chi connectivity index (χ1n) is 9.27. The van der Waals surface area contributed by atoms with Gasteiger partial charge in [0.25, 0.3) is 0 Å². The van der Waals surface area contributed by atoms with E-state index in [0.717, 1.165) is 16.7 Å². The van der Waals surface area contributed by atoms with Crippen molar-refractivity contribution in [3.05, 3.63) is 65.5 Å². The van der Waals surface area contributed by atoms with Crippen molar-refractivity contribution in [3.63, 3.8) is 0 Å². The van der Waals surface area contributed by atoms with Crippen molar-refractivity contribution < 1.29 is 18.7 Å². The van der Waals surface area contributed by atoms with Gasteiger partial charge in [0, 0.05) is 19.5 Å². The lowest BCUT2D eigenvalue weighted by Gasteiger charge is -2.33. The SMILES string of the molecule is COc1cccc2c1NC(=O)CC2C(=O)N1CC=C(c2ccc(F)cc2)CC1. The molecule has 0 radical (unpaired) electrons. The van der Waals surface area contributed by atoms with Crippen LogP contribution in [0.4, 0.5) is 10.1 Å². The zero-order chi connectivity index (χ0) is 19.7. The Morgan fingerprint density at radius 3 is 2.68 bits per heavy atom. The molecule has 2 aliphatic heterocycles. The lowest BCUT2D eigenvalue weighted by atomic mass is 9.88. The standard InChI is InChI=1S/C22H21FN2O3/c1-28-19-4-2-3-17-18(13-20(26)24-21(17)19)22(27)25-11-9-15(10-12-25)14-5-7-16(23)8-6-14/h2-9,18H,10-13H2,1H3,(H,24,26). The average molecular weight is 380 g/mol. The van der Waals surface area contributed by atoms with E-state index in [1.165, 1.54) is 12.1 Å². The van der Waals surface area contributed by atoms with Crippen LogP contribution in [0.15, 0.2) is 48.5 Å². The van der Waals surface area contributed by atoms with Crippen LogP contribution in [0.25, 0.3) is 5.57 Å². The zero-order valence-corrected chi connectivity index (χ0v) is 15.6. The van der Waals surface area contributed by atoms with Crippen molar-refractivity contribution in [2.45, 2.75) is 18.8 Å². The monoisotopic (exact) mass is 380 g/mol. The van der Waals surface area contributed by atoms with E-state index in [0.29, 0.717) is 30.9 Å². The van der Waals surface area contributed by atoms with Crippen molar-refractivity contribution in [2.24, 2.45) is 0 Å². The van der Waals surface area contributed by atoms with Crippen molar-refractivity contribution in [1.82, 2.24) is 4.90 Å². The van der Waals surface area contributed by atoms with Crippen molar-refractivity contribution in [1.29, 1.82) is 0 Å². The zero-order valence-electron chi connectivity index (χ0n) is 15.6. The first-order chi connectivity index (χ1) is 13.6. The van der Waals surface area contributed by atoms with Gasteiger partial charge in [0.05, 0.1) is 18.7 Å². The molecule has 0 saturated carbocycles. The summed E-state index contributed by atoms with van der Waals surface area (Å²) in [6.45, 7) is 1.04. The van der Waals surface area contributed by atoms with Crippen molar-refractivity contribution in [2.75, 3.05) is 25.5 Å². The minimum Gasteiger partial charge on any atom is -0.495 e. The summed E-state index contributed by atoms with van der Waals surface area (Å²) < 4.78 is 18.5. The number of rotatable bonds is 3. The number of nitrogens with one attached hydrogen (secondary N) is 1. The number of hydrogen-bond acceptors (Lipinski definition) is 3. The van der Waals surface area contributed by atoms with Gasteiger partial charge < -0.3 is 15.0 Å². The van der Waals surface area contributed by atoms with Crippen LogP contribution >= 0.6 is 0 Å². The molecule has 2 heterocycles. The van der Waals surface area contributed by atoms with Crippen LogP contribution in [0.5, 0.6) is 5.75 Å². The lowest BCUT2D eigenvalue weighted by molar-refractivity contribution is -0.134. The second-order valence-corrected chi connectivity index (χ2v) is 7.00. The minimum absolute atomic E-state index is 0.0567. The minimum atomic E-state index is -0.514. The van der Waals surface area contributed by atoms with Gasteiger partial charge in [-0.3, -0.25) is 9.59 Å². The summed E-state index contributed by atoms with van der Waals surface area (Å²) in [6.07, 6.45) is 2.83. The predicted octanol–water partition coefficient (Wildman–Crippen LogP) is 3.58. The van der Waals surface area contributed by atoms with Gasteiger partial charge in [-0.05, 0) is 41.3 Å². The molecule has 0 bridgehead atoms. The van der Waals surface area contributed by atoms with Gasteiger partial charge in [0.15, 0.2) is 0 Å². The molecule has 6 heteroatoms. The Balaban J connectivity index is 1.55. The highest BCUT2D eigenvalue weighted by atomic mass is 19.1. The van der Waals surface area contributed by atoms with Crippen LogP contribution in [0.2, 0.25) is 0 Å². The number of carbonyl (C=O) groups excluding carboxylic acids is 2. The highest BCUT2D eigenvalue weighted by Gasteiger charge is 2.35. The second-order valence-electron chi connectivity index (χ2n) is 7.00. The highest BCUT2D eigenvalue weighted by molar-refractivity contribution is 6.02. The Hall–Kier alpha value is -3.15. The molecule has 1 N–H and O–H groups in total. The quantitative estimate of drug-likeness (QED) is 0.886. The molecule has 1 unspecified atom stereocenters. The van der Waals surface area contributed by atoms with Gasteiger partial charge >= 0.3 is 0 Å². The second kappa shape index (κ2) is 7.46. The molecule has 4 rings (SSSR count). The van der Waals surface area contributed by atoms with Crippen LogP contribution in [-0.4, -0.2) is 36.9 Å². The number of ether oxygens (including phenoxy) is 1. The Labute approximate surface area is 162 Å². The molecule has 2 aromatic carbocycles. The maximum atomic E-state index is 13.2. The molecule has 2 amide bonds. The number of anilines is 1. The maximum absolute atomic E-state index is 13.2. The number of nitrogens with zero attached hydrogens (tertiary/aromatic N) is 1. The van der Waals surface area contributed by atoms with Gasteiger partial charge in [-0.1, -0.05) is 30.3 Å². The summed E-state index contributed by atoms with van der Waals surface area (Å²) in [5.41, 5.74) is 3.45. The third kappa shape index (κ3) is 3.38. The normalized spacial score (nSPS) is 18.8. The molecule has 5 nitrogen and oxygen atoms in total. The molecule has 1 atom stereocenters. The van der Waals surface area contributed by atoms with Crippen LogP contribution in [0.3, 0.4) is 0 Å². The smallest absolute Gasteiger partial charge is 0.231 e. The average Bonchev–Trinajstić information content (AvgIpc) is 2.73. The van der Waals surface area contributed by atoms with Crippen LogP contribution in [-0.2, 0) is 9.59 Å². The lowest BCUT2D eigenvalue weighted by Crippen LogP contribution is -2.40. The van der Waals surface area contributed by atoms with Gasteiger partial charge in [0.1, 0.15) is 11.6 Å². The van der Waals surface area contributed by atoms with E-state index in [1.807, 2.05) is 18.2 Å². The summed E-state index contributed by atoms with van der Waals surface area (Å²) in [5.74, 6) is -0.463. The fraction of sp³-hybridized carbons (Fsp3) is 0.273. The van der Waals surface area contributed by atoms with Gasteiger partial charge in [-0.2, -0.15) is 0 Å². The van der Waals surface area contributed by atoms with E-state index in [1.54, 1.807) is 30.2 Å². The number of carbonyl (C=O) groups is 2. The molecule has 2 aliphatic rings. The molecule has 0 fully saturated rings. The number of benzene rings is 2. The first-order valence-corrected chi connectivity index (χ1v) is 9.27. The van der Waals surface area contributed by atoms with E-state index >= 15 is 0 Å². The topological polar surface area (TPSA) is 58.6 Å². The largest absolute Gasteiger partial charge is 0.495 e. The molecule has 2 aromatic rings. The fourth-order valence-electron chi connectivity index (χ4n) is 3.86. The number of halogens is 1. The number of para-hydroxylation sites is 1. The molecule has 144 valence electrons. The molecule has 28 heavy (non-hydrogen) atoms. The number of amides is 2. The van der Waals surface area contributed by atoms with Gasteiger partial charge in [-0.25, -0.2) is 4.39 Å². The van der Waals surface area contributed by atoms with E-state index in [4.69, 9.17) is 4.74 Å². The Morgan fingerprint density at radius 2 is 2.00 bits per heavy atom. The molecular weight excluding hydrogens is 359 g/mol. The summed E-state index contributed by atoms with van der Waals surface area (Å²) >= 11 is 0. The highest BCUT2D eigenvalue weighted by Crippen LogP contribution is 2.39. The van der Waals surface area contributed by atoms with E-state index in [9.17, 15) is 14.0 Å². The number of hydrogen-bond donors (Lipinski definition) is 1. The molecule has 0 aliphatic carbocycles. The summed E-state index contributed by atoms with van der Waals surface area (Å²) in [6, 6.07) is 11.9. The predicted molar refractivity (Wildman–Crippen MR) is 105 cm³/mol. The molecule has 0 spiro atoms. The maximum Gasteiger partial charge on any atom is 0.231 e. The van der Waals surface area contributed by atoms with Gasteiger partial charge in [0.2, 0.25) is 11.8 Å². The number of fused-ring (bicyclic) bond motifs is 1. The van der Waals surface area contributed by atoms with E-state index in [-0.39, 0.29) is 24.1 Å². The van der Waals surface area contributed by atoms with Crippen LogP contribution in [0, 0.1) is 5.82 Å². The molecule has 0 saturated heterocycles.